The number of esters is 1. The molecule has 2 rings (SSSR count). The molecule has 0 aliphatic rings. The first-order valence-corrected chi connectivity index (χ1v) is 7.63. The maximum atomic E-state index is 13.1. The molecule has 3 nitrogen and oxygen atoms in total. The van der Waals surface area contributed by atoms with Crippen molar-refractivity contribution in [3.05, 3.63) is 35.8 Å². The van der Waals surface area contributed by atoms with Gasteiger partial charge in [-0.25, -0.2) is 9.18 Å². The molecule has 0 amide bonds. The molecule has 0 aliphatic carbocycles. The highest BCUT2D eigenvalue weighted by molar-refractivity contribution is 6.04. The molecule has 0 spiro atoms. The molecule has 1 aromatic heterocycles. The van der Waals surface area contributed by atoms with Gasteiger partial charge in [-0.1, -0.05) is 26.7 Å². The lowest BCUT2D eigenvalue weighted by Gasteiger charge is -2.15. The summed E-state index contributed by atoms with van der Waals surface area (Å²) in [5.41, 5.74) is 1.08. The Kier molecular flexibility index (Phi) is 5.37. The largest absolute Gasteiger partial charge is 0.459 e. The maximum absolute atomic E-state index is 13.1. The second kappa shape index (κ2) is 7.25. The molecule has 1 N–H and O–H groups in total. The van der Waals surface area contributed by atoms with Crippen molar-refractivity contribution in [3.63, 3.8) is 0 Å². The molecule has 4 heteroatoms. The van der Waals surface area contributed by atoms with Crippen molar-refractivity contribution in [3.8, 4) is 0 Å². The topological polar surface area (TPSA) is 42.1 Å². The molecule has 114 valence electrons. The molecular formula is C17H22FNO2. The average molecular weight is 291 g/mol. The minimum absolute atomic E-state index is 0.0468. The van der Waals surface area contributed by atoms with E-state index in [9.17, 15) is 9.18 Å². The van der Waals surface area contributed by atoms with Gasteiger partial charge in [0.2, 0.25) is 0 Å². The summed E-state index contributed by atoms with van der Waals surface area (Å²) < 4.78 is 18.7. The monoisotopic (exact) mass is 291 g/mol. The van der Waals surface area contributed by atoms with Crippen molar-refractivity contribution in [1.29, 1.82) is 0 Å². The molecule has 0 aliphatic heterocycles. The first-order valence-electron chi connectivity index (χ1n) is 7.63. The van der Waals surface area contributed by atoms with Crippen molar-refractivity contribution < 1.29 is 13.9 Å². The smallest absolute Gasteiger partial charge is 0.340 e. The van der Waals surface area contributed by atoms with Gasteiger partial charge in [0.05, 0.1) is 5.56 Å². The van der Waals surface area contributed by atoms with Crippen LogP contribution in [0, 0.1) is 5.82 Å². The number of benzene rings is 1. The number of aromatic nitrogens is 1. The summed E-state index contributed by atoms with van der Waals surface area (Å²) in [5, 5.41) is 0.699. The molecule has 0 saturated carbocycles. The van der Waals surface area contributed by atoms with Crippen LogP contribution in [0.5, 0.6) is 0 Å². The Labute approximate surface area is 124 Å². The average Bonchev–Trinajstić information content (AvgIpc) is 2.89. The van der Waals surface area contributed by atoms with Gasteiger partial charge in [-0.3, -0.25) is 0 Å². The van der Waals surface area contributed by atoms with E-state index in [0.29, 0.717) is 16.5 Å². The summed E-state index contributed by atoms with van der Waals surface area (Å²) >= 11 is 0. The molecule has 0 saturated heterocycles. The number of H-pyrrole nitrogens is 1. The van der Waals surface area contributed by atoms with Crippen molar-refractivity contribution in [2.24, 2.45) is 0 Å². The zero-order chi connectivity index (χ0) is 15.2. The fraction of sp³-hybridized carbons (Fsp3) is 0.471. The van der Waals surface area contributed by atoms with Crippen LogP contribution in [0.25, 0.3) is 10.9 Å². The fourth-order valence-electron chi connectivity index (χ4n) is 2.45. The molecule has 1 aromatic carbocycles. The maximum Gasteiger partial charge on any atom is 0.340 e. The first kappa shape index (κ1) is 15.5. The van der Waals surface area contributed by atoms with Crippen molar-refractivity contribution >= 4 is 16.9 Å². The highest BCUT2D eigenvalue weighted by Gasteiger charge is 2.17. The number of hydrogen-bond acceptors (Lipinski definition) is 2. The SMILES string of the molecule is CCCCCC(CC)OC(=O)c1c[nH]c2cc(F)ccc12. The van der Waals surface area contributed by atoms with Crippen molar-refractivity contribution in [2.45, 2.75) is 52.1 Å². The van der Waals surface area contributed by atoms with Crippen LogP contribution in [-0.2, 0) is 4.74 Å². The predicted molar refractivity (Wildman–Crippen MR) is 81.9 cm³/mol. The molecule has 0 radical (unpaired) electrons. The Balaban J connectivity index is 2.07. The Morgan fingerprint density at radius 2 is 2.14 bits per heavy atom. The van der Waals surface area contributed by atoms with E-state index in [-0.39, 0.29) is 17.9 Å². The lowest BCUT2D eigenvalue weighted by Crippen LogP contribution is -2.17. The van der Waals surface area contributed by atoms with Crippen LogP contribution in [0.15, 0.2) is 24.4 Å². The quantitative estimate of drug-likeness (QED) is 0.587. The van der Waals surface area contributed by atoms with E-state index in [1.807, 2.05) is 6.92 Å². The van der Waals surface area contributed by atoms with Crippen LogP contribution in [0.3, 0.4) is 0 Å². The van der Waals surface area contributed by atoms with E-state index in [4.69, 9.17) is 4.74 Å². The number of hydrogen-bond donors (Lipinski definition) is 1. The molecular weight excluding hydrogens is 269 g/mol. The van der Waals surface area contributed by atoms with Crippen LogP contribution >= 0.6 is 0 Å². The van der Waals surface area contributed by atoms with Crippen LogP contribution in [-0.4, -0.2) is 17.1 Å². The third-order valence-electron chi connectivity index (χ3n) is 3.72. The van der Waals surface area contributed by atoms with E-state index >= 15 is 0 Å². The summed E-state index contributed by atoms with van der Waals surface area (Å²) in [5.74, 6) is -0.661. The van der Waals surface area contributed by atoms with E-state index in [1.54, 1.807) is 12.3 Å². The third-order valence-corrected chi connectivity index (χ3v) is 3.72. The standard InChI is InChI=1S/C17H22FNO2/c1-3-5-6-7-13(4-2)21-17(20)15-11-19-16-10-12(18)8-9-14(15)16/h8-11,13,19H,3-7H2,1-2H3. The molecule has 1 heterocycles. The minimum atomic E-state index is -0.337. The molecule has 0 fully saturated rings. The van der Waals surface area contributed by atoms with Gasteiger partial charge in [0, 0.05) is 17.1 Å². The van der Waals surface area contributed by atoms with E-state index in [1.165, 1.54) is 12.1 Å². The fourth-order valence-corrected chi connectivity index (χ4v) is 2.45. The van der Waals surface area contributed by atoms with Gasteiger partial charge in [-0.15, -0.1) is 0 Å². The third kappa shape index (κ3) is 3.84. The van der Waals surface area contributed by atoms with Gasteiger partial charge < -0.3 is 9.72 Å². The number of carbonyl (C=O) groups is 1. The number of halogens is 1. The number of carbonyl (C=O) groups excluding carboxylic acids is 1. The number of ether oxygens (including phenoxy) is 1. The van der Waals surface area contributed by atoms with E-state index < -0.39 is 0 Å². The molecule has 1 atom stereocenters. The van der Waals surface area contributed by atoms with Crippen molar-refractivity contribution in [1.82, 2.24) is 4.98 Å². The normalized spacial score (nSPS) is 12.5. The van der Waals surface area contributed by atoms with E-state index in [2.05, 4.69) is 11.9 Å². The number of nitrogens with one attached hydrogen (secondary N) is 1. The van der Waals surface area contributed by atoms with Gasteiger partial charge in [0.1, 0.15) is 11.9 Å². The molecule has 1 unspecified atom stereocenters. The van der Waals surface area contributed by atoms with Crippen LogP contribution < -0.4 is 0 Å². The summed E-state index contributed by atoms with van der Waals surface area (Å²) in [6.07, 6.45) is 6.62. The summed E-state index contributed by atoms with van der Waals surface area (Å²) in [6, 6.07) is 4.34. The predicted octanol–water partition coefficient (Wildman–Crippen LogP) is 4.82. The Hall–Kier alpha value is -1.84. The number of rotatable bonds is 7. The van der Waals surface area contributed by atoms with Gasteiger partial charge in [0.25, 0.3) is 0 Å². The van der Waals surface area contributed by atoms with Crippen LogP contribution in [0.2, 0.25) is 0 Å². The summed E-state index contributed by atoms with van der Waals surface area (Å²) in [4.78, 5) is 15.2. The lowest BCUT2D eigenvalue weighted by molar-refractivity contribution is 0.0269. The summed E-state index contributed by atoms with van der Waals surface area (Å²) in [6.45, 7) is 4.17. The lowest BCUT2D eigenvalue weighted by atomic mass is 10.1. The minimum Gasteiger partial charge on any atom is -0.459 e. The Morgan fingerprint density at radius 3 is 2.86 bits per heavy atom. The Bertz CT molecular complexity index is 606. The first-order chi connectivity index (χ1) is 10.2. The highest BCUT2D eigenvalue weighted by Crippen LogP contribution is 2.21. The van der Waals surface area contributed by atoms with E-state index in [0.717, 1.165) is 32.1 Å². The summed E-state index contributed by atoms with van der Waals surface area (Å²) in [7, 11) is 0. The number of aromatic amines is 1. The zero-order valence-electron chi connectivity index (χ0n) is 12.6. The molecule has 0 bridgehead atoms. The number of unbranched alkanes of at least 4 members (excludes halogenated alkanes) is 2. The van der Waals surface area contributed by atoms with Crippen LogP contribution in [0.4, 0.5) is 4.39 Å². The Morgan fingerprint density at radius 1 is 1.33 bits per heavy atom. The van der Waals surface area contributed by atoms with Crippen molar-refractivity contribution in [2.75, 3.05) is 0 Å². The van der Waals surface area contributed by atoms with Gasteiger partial charge in [0.15, 0.2) is 0 Å². The van der Waals surface area contributed by atoms with Gasteiger partial charge in [-0.2, -0.15) is 0 Å². The molecule has 2 aromatic rings. The molecule has 21 heavy (non-hydrogen) atoms. The number of fused-ring (bicyclic) bond motifs is 1. The second-order valence-electron chi connectivity index (χ2n) is 5.32. The van der Waals surface area contributed by atoms with Gasteiger partial charge >= 0.3 is 5.97 Å². The van der Waals surface area contributed by atoms with Crippen LogP contribution in [0.1, 0.15) is 56.3 Å². The second-order valence-corrected chi connectivity index (χ2v) is 5.32. The highest BCUT2D eigenvalue weighted by atomic mass is 19.1. The zero-order valence-corrected chi connectivity index (χ0v) is 12.6. The van der Waals surface area contributed by atoms with Gasteiger partial charge in [-0.05, 0) is 37.5 Å².